The number of hydrogen-bond acceptors (Lipinski definition) is 3. The van der Waals surface area contributed by atoms with Gasteiger partial charge in [-0.1, -0.05) is 50.2 Å². The summed E-state index contributed by atoms with van der Waals surface area (Å²) in [7, 11) is 0. The minimum atomic E-state index is -0.452. The highest BCUT2D eigenvalue weighted by molar-refractivity contribution is 6.02. The molecule has 1 amide bonds. The number of carbonyl (C=O) groups excluding carboxylic acids is 1. The van der Waals surface area contributed by atoms with Crippen molar-refractivity contribution in [1.29, 1.82) is 0 Å². The van der Waals surface area contributed by atoms with Crippen molar-refractivity contribution in [3.63, 3.8) is 0 Å². The van der Waals surface area contributed by atoms with E-state index in [1.54, 1.807) is 24.3 Å². The maximum atomic E-state index is 12.5. The number of nitrogens with one attached hydrogen (secondary N) is 2. The third kappa shape index (κ3) is 3.52. The Kier molecular flexibility index (Phi) is 4.79. The Labute approximate surface area is 145 Å². The van der Waals surface area contributed by atoms with Crippen molar-refractivity contribution in [2.45, 2.75) is 26.2 Å². The molecule has 0 aliphatic heterocycles. The number of rotatable bonds is 5. The van der Waals surface area contributed by atoms with Gasteiger partial charge in [-0.2, -0.15) is 4.68 Å². The molecule has 3 aromatic rings. The van der Waals surface area contributed by atoms with E-state index in [1.165, 1.54) is 4.68 Å². The molecule has 2 N–H and O–H groups in total. The van der Waals surface area contributed by atoms with Crippen molar-refractivity contribution in [1.82, 2.24) is 14.8 Å². The first kappa shape index (κ1) is 16.7. The molecular weight excluding hydrogens is 316 g/mol. The molecule has 1 atom stereocenters. The standard InChI is InChI=1S/C19H20N4O2/c1-3-13(2)15-11-7-8-12-16(15)20-18(24)17-21-19(25)23(22-17)14-9-5-4-6-10-14/h4-13H,3H2,1-2H3,(H,20,24)(H,21,22,25). The van der Waals surface area contributed by atoms with Crippen LogP contribution in [-0.2, 0) is 0 Å². The molecule has 0 spiro atoms. The van der Waals surface area contributed by atoms with Crippen LogP contribution in [-0.4, -0.2) is 20.7 Å². The van der Waals surface area contributed by atoms with Gasteiger partial charge in [0.2, 0.25) is 5.82 Å². The summed E-state index contributed by atoms with van der Waals surface area (Å²) in [6.45, 7) is 4.21. The number of H-pyrrole nitrogens is 1. The van der Waals surface area contributed by atoms with E-state index in [2.05, 4.69) is 29.2 Å². The van der Waals surface area contributed by atoms with Gasteiger partial charge in [0.1, 0.15) is 0 Å². The smallest absolute Gasteiger partial charge is 0.319 e. The Morgan fingerprint density at radius 2 is 1.84 bits per heavy atom. The maximum Gasteiger partial charge on any atom is 0.348 e. The summed E-state index contributed by atoms with van der Waals surface area (Å²) in [5, 5.41) is 6.96. The molecular formula is C19H20N4O2. The number of aromatic nitrogens is 3. The number of para-hydroxylation sites is 2. The first-order valence-electron chi connectivity index (χ1n) is 8.25. The second kappa shape index (κ2) is 7.17. The van der Waals surface area contributed by atoms with Gasteiger partial charge in [0.15, 0.2) is 0 Å². The van der Waals surface area contributed by atoms with Crippen molar-refractivity contribution >= 4 is 11.6 Å². The van der Waals surface area contributed by atoms with Gasteiger partial charge in [-0.3, -0.25) is 9.78 Å². The Bertz CT molecular complexity index is 928. The number of hydrogen-bond donors (Lipinski definition) is 2. The van der Waals surface area contributed by atoms with Crippen LogP contribution >= 0.6 is 0 Å². The molecule has 1 unspecified atom stereocenters. The molecule has 0 saturated carbocycles. The number of nitrogens with zero attached hydrogens (tertiary/aromatic N) is 2. The zero-order chi connectivity index (χ0) is 17.8. The zero-order valence-electron chi connectivity index (χ0n) is 14.2. The topological polar surface area (TPSA) is 79.8 Å². The molecule has 6 nitrogen and oxygen atoms in total. The number of aromatic amines is 1. The number of amides is 1. The molecule has 1 heterocycles. The molecule has 2 aromatic carbocycles. The van der Waals surface area contributed by atoms with Gasteiger partial charge >= 0.3 is 5.69 Å². The lowest BCUT2D eigenvalue weighted by molar-refractivity contribution is 0.101. The predicted octanol–water partition coefficient (Wildman–Crippen LogP) is 3.33. The van der Waals surface area contributed by atoms with E-state index in [9.17, 15) is 9.59 Å². The fourth-order valence-corrected chi connectivity index (χ4v) is 2.61. The van der Waals surface area contributed by atoms with E-state index < -0.39 is 11.6 Å². The Hall–Kier alpha value is -3.15. The zero-order valence-corrected chi connectivity index (χ0v) is 14.2. The van der Waals surface area contributed by atoms with Crippen LogP contribution in [0.5, 0.6) is 0 Å². The van der Waals surface area contributed by atoms with Crippen molar-refractivity contribution < 1.29 is 4.79 Å². The monoisotopic (exact) mass is 336 g/mol. The van der Waals surface area contributed by atoms with E-state index in [4.69, 9.17) is 0 Å². The second-order valence-corrected chi connectivity index (χ2v) is 5.88. The average Bonchev–Trinajstić information content (AvgIpc) is 3.04. The first-order chi connectivity index (χ1) is 12.1. The normalized spacial score (nSPS) is 11.9. The molecule has 1 aromatic heterocycles. The van der Waals surface area contributed by atoms with Crippen LogP contribution in [0.15, 0.2) is 59.4 Å². The summed E-state index contributed by atoms with van der Waals surface area (Å²) in [4.78, 5) is 27.1. The van der Waals surface area contributed by atoms with Gasteiger partial charge in [0, 0.05) is 5.69 Å². The summed E-state index contributed by atoms with van der Waals surface area (Å²) in [6.07, 6.45) is 0.965. The maximum absolute atomic E-state index is 12.5. The fraction of sp³-hybridized carbons (Fsp3) is 0.211. The minimum absolute atomic E-state index is 0.0205. The Morgan fingerprint density at radius 1 is 1.16 bits per heavy atom. The molecule has 3 rings (SSSR count). The van der Waals surface area contributed by atoms with Crippen LogP contribution < -0.4 is 11.0 Å². The van der Waals surface area contributed by atoms with Gasteiger partial charge < -0.3 is 5.32 Å². The fourth-order valence-electron chi connectivity index (χ4n) is 2.61. The van der Waals surface area contributed by atoms with E-state index in [-0.39, 0.29) is 5.82 Å². The van der Waals surface area contributed by atoms with E-state index in [0.29, 0.717) is 11.6 Å². The Morgan fingerprint density at radius 3 is 2.56 bits per heavy atom. The van der Waals surface area contributed by atoms with Crippen molar-refractivity contribution in [3.8, 4) is 5.69 Å². The number of benzene rings is 2. The molecule has 6 heteroatoms. The van der Waals surface area contributed by atoms with Crippen LogP contribution in [0.25, 0.3) is 5.69 Å². The lowest BCUT2D eigenvalue weighted by Gasteiger charge is -2.14. The predicted molar refractivity (Wildman–Crippen MR) is 97.3 cm³/mol. The summed E-state index contributed by atoms with van der Waals surface area (Å²) in [5.41, 5.74) is 1.94. The highest BCUT2D eigenvalue weighted by Gasteiger charge is 2.17. The highest BCUT2D eigenvalue weighted by Crippen LogP contribution is 2.26. The van der Waals surface area contributed by atoms with E-state index in [0.717, 1.165) is 17.7 Å². The van der Waals surface area contributed by atoms with E-state index in [1.807, 2.05) is 30.3 Å². The van der Waals surface area contributed by atoms with Gasteiger partial charge in [0.05, 0.1) is 5.69 Å². The molecule has 0 aliphatic carbocycles. The molecule has 0 radical (unpaired) electrons. The third-order valence-corrected chi connectivity index (χ3v) is 4.19. The first-order valence-corrected chi connectivity index (χ1v) is 8.25. The van der Waals surface area contributed by atoms with Crippen molar-refractivity contribution in [3.05, 3.63) is 76.5 Å². The van der Waals surface area contributed by atoms with Crippen molar-refractivity contribution in [2.75, 3.05) is 5.32 Å². The lowest BCUT2D eigenvalue weighted by atomic mass is 9.97. The SMILES string of the molecule is CCC(C)c1ccccc1NC(=O)c1nn(-c2ccccc2)c(=O)[nH]1. The van der Waals surface area contributed by atoms with Crippen LogP contribution in [0.2, 0.25) is 0 Å². The lowest BCUT2D eigenvalue weighted by Crippen LogP contribution is -2.16. The van der Waals surface area contributed by atoms with Gasteiger partial charge in [-0.15, -0.1) is 5.10 Å². The average molecular weight is 336 g/mol. The highest BCUT2D eigenvalue weighted by atomic mass is 16.2. The second-order valence-electron chi connectivity index (χ2n) is 5.88. The van der Waals surface area contributed by atoms with Crippen LogP contribution in [0.3, 0.4) is 0 Å². The largest absolute Gasteiger partial charge is 0.348 e. The Balaban J connectivity index is 1.87. The van der Waals surface area contributed by atoms with Gasteiger partial charge in [-0.25, -0.2) is 4.79 Å². The quantitative estimate of drug-likeness (QED) is 0.750. The summed E-state index contributed by atoms with van der Waals surface area (Å²) < 4.78 is 1.18. The molecule has 25 heavy (non-hydrogen) atoms. The van der Waals surface area contributed by atoms with Gasteiger partial charge in [-0.05, 0) is 36.1 Å². The molecule has 0 bridgehead atoms. The van der Waals surface area contributed by atoms with Crippen LogP contribution in [0.1, 0.15) is 42.4 Å². The van der Waals surface area contributed by atoms with Gasteiger partial charge in [0.25, 0.3) is 5.91 Å². The molecule has 0 aliphatic rings. The molecule has 0 fully saturated rings. The van der Waals surface area contributed by atoms with Crippen LogP contribution in [0.4, 0.5) is 5.69 Å². The minimum Gasteiger partial charge on any atom is -0.319 e. The summed E-state index contributed by atoms with van der Waals surface area (Å²) >= 11 is 0. The van der Waals surface area contributed by atoms with Crippen molar-refractivity contribution in [2.24, 2.45) is 0 Å². The summed E-state index contributed by atoms with van der Waals surface area (Å²) in [6, 6.07) is 16.6. The summed E-state index contributed by atoms with van der Waals surface area (Å²) in [5.74, 6) is -0.146. The van der Waals surface area contributed by atoms with Crippen LogP contribution in [0, 0.1) is 0 Å². The number of anilines is 1. The molecule has 0 saturated heterocycles. The van der Waals surface area contributed by atoms with E-state index >= 15 is 0 Å². The molecule has 128 valence electrons. The number of carbonyl (C=O) groups is 1. The third-order valence-electron chi connectivity index (χ3n) is 4.19.